The Morgan fingerprint density at radius 3 is 1.51 bits per heavy atom. The first-order valence-electron chi connectivity index (χ1n) is 21.2. The molecule has 290 valence electrons. The smallest absolute Gasteiger partial charge is 0.160 e. The SMILES string of the molecule is CC1(C)c2ccccc2-c2cc(-c3cc(-c4ccc5c(c4)-c4ccccc4C5(C)C)cc(-c4cc(-c5cccc6oc7ccccc7c56)nc(-c5ccccc5)n4)c3)ccc21. The second-order valence-corrected chi connectivity index (χ2v) is 17.8. The van der Waals surface area contributed by atoms with Crippen LogP contribution in [-0.2, 0) is 10.8 Å². The van der Waals surface area contributed by atoms with Crippen molar-refractivity contribution >= 4 is 21.9 Å². The molecule has 0 radical (unpaired) electrons. The molecule has 0 saturated heterocycles. The van der Waals surface area contributed by atoms with Gasteiger partial charge in [-0.1, -0.05) is 161 Å². The molecule has 2 heterocycles. The standard InChI is InChI=1S/C58H42N2O/c1-57(2)47-21-11-8-17-41(47)45-32-36(25-27-49(45)57)38-29-39(37-26-28-50-46(33-37)42-18-9-12-22-48(42)58(50,3)4)31-40(30-38)51-34-52(60-56(59-51)35-15-6-5-7-16-35)43-20-14-24-54-55(43)44-19-10-13-23-53(44)61-54/h5-34H,1-4H3. The van der Waals surface area contributed by atoms with Crippen molar-refractivity contribution in [3.05, 3.63) is 204 Å². The number of rotatable bonds is 5. The average Bonchev–Trinajstić information content (AvgIpc) is 3.88. The maximum Gasteiger partial charge on any atom is 0.160 e. The third-order valence-electron chi connectivity index (χ3n) is 13.5. The van der Waals surface area contributed by atoms with Crippen molar-refractivity contribution in [1.29, 1.82) is 0 Å². The maximum absolute atomic E-state index is 6.36. The summed E-state index contributed by atoms with van der Waals surface area (Å²) in [6.45, 7) is 9.36. The van der Waals surface area contributed by atoms with Crippen LogP contribution in [0.2, 0.25) is 0 Å². The Balaban J connectivity index is 1.10. The normalized spacial score (nSPS) is 14.2. The van der Waals surface area contributed by atoms with Gasteiger partial charge in [-0.3, -0.25) is 0 Å². The molecule has 3 nitrogen and oxygen atoms in total. The predicted octanol–water partition coefficient (Wildman–Crippen LogP) is 15.3. The van der Waals surface area contributed by atoms with E-state index in [9.17, 15) is 0 Å². The molecule has 0 spiro atoms. The van der Waals surface area contributed by atoms with Gasteiger partial charge in [0.1, 0.15) is 11.2 Å². The fourth-order valence-corrected chi connectivity index (χ4v) is 10.3. The van der Waals surface area contributed by atoms with Crippen molar-refractivity contribution in [2.45, 2.75) is 38.5 Å². The van der Waals surface area contributed by atoms with E-state index in [2.05, 4.69) is 185 Å². The molecule has 3 heteroatoms. The highest BCUT2D eigenvalue weighted by molar-refractivity contribution is 6.12. The molecular formula is C58H42N2O. The van der Waals surface area contributed by atoms with Crippen LogP contribution >= 0.6 is 0 Å². The second kappa shape index (κ2) is 13.1. The Labute approximate surface area is 356 Å². The highest BCUT2D eigenvalue weighted by Gasteiger charge is 2.36. The predicted molar refractivity (Wildman–Crippen MR) is 252 cm³/mol. The summed E-state index contributed by atoms with van der Waals surface area (Å²) >= 11 is 0. The minimum Gasteiger partial charge on any atom is -0.456 e. The first-order chi connectivity index (χ1) is 29.7. The summed E-state index contributed by atoms with van der Waals surface area (Å²) in [5, 5.41) is 2.13. The van der Waals surface area contributed by atoms with Gasteiger partial charge in [0.25, 0.3) is 0 Å². The van der Waals surface area contributed by atoms with E-state index in [1.165, 1.54) is 55.6 Å². The van der Waals surface area contributed by atoms with E-state index < -0.39 is 0 Å². The molecule has 2 aromatic heterocycles. The van der Waals surface area contributed by atoms with Gasteiger partial charge in [0.2, 0.25) is 0 Å². The topological polar surface area (TPSA) is 38.9 Å². The zero-order chi connectivity index (χ0) is 41.0. The van der Waals surface area contributed by atoms with Crippen LogP contribution in [0.3, 0.4) is 0 Å². The summed E-state index contributed by atoms with van der Waals surface area (Å²) in [6, 6.07) is 65.8. The lowest BCUT2D eigenvalue weighted by Crippen LogP contribution is -2.14. The van der Waals surface area contributed by atoms with Gasteiger partial charge < -0.3 is 4.42 Å². The quantitative estimate of drug-likeness (QED) is 0.175. The molecule has 61 heavy (non-hydrogen) atoms. The monoisotopic (exact) mass is 782 g/mol. The molecule has 2 aliphatic rings. The van der Waals surface area contributed by atoms with E-state index in [0.717, 1.165) is 61.1 Å². The van der Waals surface area contributed by atoms with Gasteiger partial charge in [0, 0.05) is 38.3 Å². The molecule has 0 atom stereocenters. The first-order valence-corrected chi connectivity index (χ1v) is 21.2. The van der Waals surface area contributed by atoms with E-state index in [1.54, 1.807) is 0 Å². The van der Waals surface area contributed by atoms with Gasteiger partial charge in [-0.15, -0.1) is 0 Å². The summed E-state index contributed by atoms with van der Waals surface area (Å²) < 4.78 is 6.36. The lowest BCUT2D eigenvalue weighted by Gasteiger charge is -2.21. The van der Waals surface area contributed by atoms with Gasteiger partial charge in [-0.05, 0) is 115 Å². The minimum absolute atomic E-state index is 0.0691. The fourth-order valence-electron chi connectivity index (χ4n) is 10.3. The molecule has 8 aromatic carbocycles. The highest BCUT2D eigenvalue weighted by Crippen LogP contribution is 2.52. The van der Waals surface area contributed by atoms with Crippen LogP contribution in [0.25, 0.3) is 100 Å². The van der Waals surface area contributed by atoms with Gasteiger partial charge in [0.05, 0.1) is 11.4 Å². The van der Waals surface area contributed by atoms with Crippen LogP contribution < -0.4 is 0 Å². The van der Waals surface area contributed by atoms with Crippen molar-refractivity contribution in [3.8, 4) is 78.4 Å². The van der Waals surface area contributed by atoms with Crippen molar-refractivity contribution < 1.29 is 4.42 Å². The molecule has 0 amide bonds. The molecule has 0 fully saturated rings. The van der Waals surface area contributed by atoms with Gasteiger partial charge in [-0.2, -0.15) is 0 Å². The van der Waals surface area contributed by atoms with Crippen molar-refractivity contribution in [2.75, 3.05) is 0 Å². The van der Waals surface area contributed by atoms with Crippen LogP contribution in [-0.4, -0.2) is 9.97 Å². The molecule has 0 N–H and O–H groups in total. The number of benzene rings is 8. The van der Waals surface area contributed by atoms with Crippen LogP contribution in [0.1, 0.15) is 49.9 Å². The van der Waals surface area contributed by atoms with Crippen LogP contribution in [0.5, 0.6) is 0 Å². The lowest BCUT2D eigenvalue weighted by atomic mass is 9.82. The third kappa shape index (κ3) is 5.43. The number of fused-ring (bicyclic) bond motifs is 9. The third-order valence-corrected chi connectivity index (χ3v) is 13.5. The summed E-state index contributed by atoms with van der Waals surface area (Å²) in [7, 11) is 0. The summed E-state index contributed by atoms with van der Waals surface area (Å²) in [5.41, 5.74) is 21.6. The fraction of sp³-hybridized carbons (Fsp3) is 0.103. The van der Waals surface area contributed by atoms with E-state index in [-0.39, 0.29) is 10.8 Å². The Bertz CT molecular complexity index is 3300. The molecule has 0 unspecified atom stereocenters. The Morgan fingerprint density at radius 2 is 0.852 bits per heavy atom. The zero-order valence-corrected chi connectivity index (χ0v) is 34.6. The second-order valence-electron chi connectivity index (χ2n) is 17.8. The zero-order valence-electron chi connectivity index (χ0n) is 34.6. The van der Waals surface area contributed by atoms with Gasteiger partial charge >= 0.3 is 0 Å². The van der Waals surface area contributed by atoms with Crippen molar-refractivity contribution in [2.24, 2.45) is 0 Å². The van der Waals surface area contributed by atoms with E-state index in [4.69, 9.17) is 14.4 Å². The van der Waals surface area contributed by atoms with Crippen LogP contribution in [0, 0.1) is 0 Å². The van der Waals surface area contributed by atoms with E-state index >= 15 is 0 Å². The first kappa shape index (κ1) is 35.6. The minimum atomic E-state index is -0.0691. The molecule has 0 aliphatic heterocycles. The number of furan rings is 1. The Morgan fingerprint density at radius 1 is 0.344 bits per heavy atom. The largest absolute Gasteiger partial charge is 0.456 e. The average molecular weight is 783 g/mol. The molecular weight excluding hydrogens is 741 g/mol. The highest BCUT2D eigenvalue weighted by atomic mass is 16.3. The van der Waals surface area contributed by atoms with Crippen molar-refractivity contribution in [3.63, 3.8) is 0 Å². The summed E-state index contributed by atoms with van der Waals surface area (Å²) in [5.74, 6) is 0.678. The van der Waals surface area contributed by atoms with Crippen molar-refractivity contribution in [1.82, 2.24) is 9.97 Å². The molecule has 10 aromatic rings. The van der Waals surface area contributed by atoms with Gasteiger partial charge in [0.15, 0.2) is 5.82 Å². The van der Waals surface area contributed by atoms with Crippen LogP contribution in [0.4, 0.5) is 0 Å². The number of para-hydroxylation sites is 1. The van der Waals surface area contributed by atoms with Gasteiger partial charge in [-0.25, -0.2) is 9.97 Å². The van der Waals surface area contributed by atoms with E-state index in [1.807, 2.05) is 24.3 Å². The van der Waals surface area contributed by atoms with E-state index in [0.29, 0.717) is 5.82 Å². The molecule has 0 bridgehead atoms. The maximum atomic E-state index is 6.36. The summed E-state index contributed by atoms with van der Waals surface area (Å²) in [4.78, 5) is 10.7. The number of nitrogens with zero attached hydrogens (tertiary/aromatic N) is 2. The summed E-state index contributed by atoms with van der Waals surface area (Å²) in [6.07, 6.45) is 0. The van der Waals surface area contributed by atoms with Crippen LogP contribution in [0.15, 0.2) is 186 Å². The number of hydrogen-bond donors (Lipinski definition) is 0. The number of hydrogen-bond acceptors (Lipinski definition) is 3. The molecule has 12 rings (SSSR count). The number of aromatic nitrogens is 2. The Kier molecular flexibility index (Phi) is 7.62. The molecule has 0 saturated carbocycles. The molecule has 2 aliphatic carbocycles. The lowest BCUT2D eigenvalue weighted by molar-refractivity contribution is 0.660. The Hall–Kier alpha value is -7.36.